The van der Waals surface area contributed by atoms with E-state index >= 15 is 0 Å². The number of nitrogens with two attached hydrogens (primary N) is 1. The molecule has 4 unspecified atom stereocenters. The molecule has 144 valence electrons. The summed E-state index contributed by atoms with van der Waals surface area (Å²) in [6.07, 6.45) is 5.90. The monoisotopic (exact) mass is 384 g/mol. The van der Waals surface area contributed by atoms with E-state index in [0.717, 1.165) is 17.6 Å². The van der Waals surface area contributed by atoms with Crippen molar-refractivity contribution in [3.05, 3.63) is 46.0 Å². The second-order valence-corrected chi connectivity index (χ2v) is 6.94. The van der Waals surface area contributed by atoms with Gasteiger partial charge in [0.05, 0.1) is 23.0 Å². The van der Waals surface area contributed by atoms with Crippen LogP contribution < -0.4 is 10.5 Å². The van der Waals surface area contributed by atoms with Crippen molar-refractivity contribution in [2.24, 2.45) is 34.5 Å². The number of carbonyl (C=O) groups excluding carboxylic acids is 3. The second-order valence-electron chi connectivity index (χ2n) is 6.94. The fraction of sp³-hybridized carbons (Fsp3) is 0.333. The molecule has 4 rings (SSSR count). The Bertz CT molecular complexity index is 925. The van der Waals surface area contributed by atoms with E-state index in [0.29, 0.717) is 0 Å². The molecule has 10 nitrogen and oxygen atoms in total. The van der Waals surface area contributed by atoms with Gasteiger partial charge in [0.1, 0.15) is 0 Å². The van der Waals surface area contributed by atoms with E-state index in [9.17, 15) is 24.5 Å². The van der Waals surface area contributed by atoms with E-state index in [1.165, 1.54) is 18.2 Å². The maximum atomic E-state index is 12.6. The lowest BCUT2D eigenvalue weighted by atomic mass is 9.85. The maximum Gasteiger partial charge on any atom is 0.311 e. The Morgan fingerprint density at radius 1 is 1.29 bits per heavy atom. The third-order valence-corrected chi connectivity index (χ3v) is 5.34. The van der Waals surface area contributed by atoms with E-state index in [2.05, 4.69) is 5.10 Å². The Morgan fingerprint density at radius 3 is 2.50 bits per heavy atom. The molecule has 10 heteroatoms. The zero-order valence-corrected chi connectivity index (χ0v) is 14.6. The molecule has 2 fully saturated rings. The quantitative estimate of drug-likeness (QED) is 0.250. The van der Waals surface area contributed by atoms with E-state index in [1.54, 1.807) is 0 Å². The van der Waals surface area contributed by atoms with Gasteiger partial charge >= 0.3 is 5.69 Å². The van der Waals surface area contributed by atoms with Crippen LogP contribution in [0.4, 0.5) is 5.69 Å². The summed E-state index contributed by atoms with van der Waals surface area (Å²) >= 11 is 0. The Labute approximate surface area is 158 Å². The molecule has 2 bridgehead atoms. The van der Waals surface area contributed by atoms with Crippen molar-refractivity contribution in [2.75, 3.05) is 6.61 Å². The van der Waals surface area contributed by atoms with Crippen molar-refractivity contribution in [3.63, 3.8) is 0 Å². The minimum atomic E-state index is -0.804. The highest BCUT2D eigenvalue weighted by Gasteiger charge is 2.59. The van der Waals surface area contributed by atoms with Gasteiger partial charge in [-0.1, -0.05) is 18.2 Å². The van der Waals surface area contributed by atoms with Crippen LogP contribution in [0.15, 0.2) is 35.5 Å². The molecule has 2 aliphatic carbocycles. The molecule has 1 heterocycles. The summed E-state index contributed by atoms with van der Waals surface area (Å²) in [5.74, 6) is -2.43. The van der Waals surface area contributed by atoms with Crippen LogP contribution in [0.3, 0.4) is 0 Å². The Morgan fingerprint density at radius 2 is 1.93 bits per heavy atom. The van der Waals surface area contributed by atoms with Crippen LogP contribution in [0.1, 0.15) is 12.0 Å². The van der Waals surface area contributed by atoms with Crippen LogP contribution in [-0.2, 0) is 14.4 Å². The molecule has 0 radical (unpaired) electrons. The molecule has 0 aromatic heterocycles. The predicted molar refractivity (Wildman–Crippen MR) is 94.9 cm³/mol. The Kier molecular flexibility index (Phi) is 4.17. The number of benzene rings is 1. The predicted octanol–water partition coefficient (Wildman–Crippen LogP) is 0.600. The number of hydrogen-bond donors (Lipinski definition) is 1. The van der Waals surface area contributed by atoms with Gasteiger partial charge < -0.3 is 10.5 Å². The van der Waals surface area contributed by atoms with Crippen molar-refractivity contribution in [2.45, 2.75) is 6.42 Å². The van der Waals surface area contributed by atoms with Crippen molar-refractivity contribution in [1.29, 1.82) is 0 Å². The normalized spacial score (nSPS) is 27.6. The van der Waals surface area contributed by atoms with Gasteiger partial charge in [0.25, 0.3) is 17.7 Å². The minimum Gasteiger partial charge on any atom is -0.476 e. The molecule has 1 aliphatic heterocycles. The number of hydrazone groups is 1. The van der Waals surface area contributed by atoms with Crippen molar-refractivity contribution in [1.82, 2.24) is 5.01 Å². The zero-order chi connectivity index (χ0) is 20.0. The van der Waals surface area contributed by atoms with Crippen molar-refractivity contribution < 1.29 is 24.0 Å². The van der Waals surface area contributed by atoms with Gasteiger partial charge in [-0.05, 0) is 24.3 Å². The number of nitro benzene ring substituents is 1. The molecule has 28 heavy (non-hydrogen) atoms. The fourth-order valence-electron chi connectivity index (χ4n) is 4.21. The average molecular weight is 384 g/mol. The fourth-order valence-corrected chi connectivity index (χ4v) is 4.21. The first kappa shape index (κ1) is 17.8. The molecular weight excluding hydrogens is 368 g/mol. The minimum absolute atomic E-state index is 0.0546. The summed E-state index contributed by atoms with van der Waals surface area (Å²) in [6, 6.07) is 4.07. The van der Waals surface area contributed by atoms with Crippen LogP contribution in [0.25, 0.3) is 0 Å². The van der Waals surface area contributed by atoms with Gasteiger partial charge in [-0.2, -0.15) is 10.1 Å². The van der Waals surface area contributed by atoms with Gasteiger partial charge in [-0.3, -0.25) is 24.5 Å². The lowest BCUT2D eigenvalue weighted by molar-refractivity contribution is -0.385. The smallest absolute Gasteiger partial charge is 0.311 e. The van der Waals surface area contributed by atoms with Gasteiger partial charge in [0, 0.05) is 11.6 Å². The van der Waals surface area contributed by atoms with Crippen LogP contribution in [-0.4, -0.2) is 40.5 Å². The van der Waals surface area contributed by atoms with Gasteiger partial charge in [0.15, 0.2) is 6.61 Å². The molecule has 3 aliphatic rings. The summed E-state index contributed by atoms with van der Waals surface area (Å²) in [5.41, 5.74) is 4.80. The van der Waals surface area contributed by atoms with Crippen molar-refractivity contribution in [3.8, 4) is 5.75 Å². The Hall–Kier alpha value is -3.56. The number of ether oxygens (including phenoxy) is 1. The number of nitro groups is 1. The number of amides is 3. The molecule has 4 atom stereocenters. The molecular formula is C18H16N4O6. The Balaban J connectivity index is 1.62. The third-order valence-electron chi connectivity index (χ3n) is 5.34. The van der Waals surface area contributed by atoms with Crippen LogP contribution in [0.2, 0.25) is 0 Å². The SMILES string of the molecule is NC(=O)COc1c(C=NN2C(=O)C3C4C=CC(C4)C3C2=O)cccc1[N+](=O)[O-]. The summed E-state index contributed by atoms with van der Waals surface area (Å²) in [5, 5.41) is 16.1. The van der Waals surface area contributed by atoms with Gasteiger partial charge in [0.2, 0.25) is 5.75 Å². The maximum absolute atomic E-state index is 12.6. The number of imide groups is 1. The molecule has 0 spiro atoms. The average Bonchev–Trinajstić information content (AvgIpc) is 3.33. The first-order chi connectivity index (χ1) is 13.4. The first-order valence-electron chi connectivity index (χ1n) is 8.67. The number of carbonyl (C=O) groups is 3. The number of hydrogen-bond acceptors (Lipinski definition) is 7. The van der Waals surface area contributed by atoms with Gasteiger partial charge in [-0.15, -0.1) is 0 Å². The number of rotatable bonds is 6. The van der Waals surface area contributed by atoms with E-state index in [1.807, 2.05) is 12.2 Å². The summed E-state index contributed by atoms with van der Waals surface area (Å²) in [7, 11) is 0. The second kappa shape index (κ2) is 6.55. The summed E-state index contributed by atoms with van der Waals surface area (Å²) in [6.45, 7) is -0.563. The van der Waals surface area contributed by atoms with Crippen molar-refractivity contribution >= 4 is 29.6 Å². The first-order valence-corrected chi connectivity index (χ1v) is 8.67. The zero-order valence-electron chi connectivity index (χ0n) is 14.6. The summed E-state index contributed by atoms with van der Waals surface area (Å²) in [4.78, 5) is 46.8. The third kappa shape index (κ3) is 2.73. The van der Waals surface area contributed by atoms with E-state index in [-0.39, 0.29) is 40.7 Å². The highest BCUT2D eigenvalue weighted by Crippen LogP contribution is 2.52. The standard InChI is InChI=1S/C18H16N4O6/c19-13(23)8-28-16-11(2-1-3-12(16)22(26)27)7-20-21-17(24)14-9-4-5-10(6-9)15(14)18(21)25/h1-5,7,9-10,14-15H,6,8H2,(H2,19,23). The lowest BCUT2D eigenvalue weighted by Gasteiger charge is -2.13. The largest absolute Gasteiger partial charge is 0.476 e. The number of fused-ring (bicyclic) bond motifs is 5. The molecule has 1 aromatic rings. The highest BCUT2D eigenvalue weighted by atomic mass is 16.6. The topological polar surface area (TPSA) is 145 Å². The molecule has 1 saturated heterocycles. The van der Waals surface area contributed by atoms with E-state index in [4.69, 9.17) is 10.5 Å². The van der Waals surface area contributed by atoms with E-state index < -0.39 is 29.3 Å². The lowest BCUT2D eigenvalue weighted by Crippen LogP contribution is -2.28. The molecule has 1 saturated carbocycles. The molecule has 1 aromatic carbocycles. The van der Waals surface area contributed by atoms with Crippen LogP contribution >= 0.6 is 0 Å². The number of allylic oxidation sites excluding steroid dienone is 2. The highest BCUT2D eigenvalue weighted by molar-refractivity contribution is 6.07. The van der Waals surface area contributed by atoms with Crippen LogP contribution in [0, 0.1) is 33.8 Å². The molecule has 3 amide bonds. The summed E-state index contributed by atoms with van der Waals surface area (Å²) < 4.78 is 5.17. The number of primary amides is 1. The van der Waals surface area contributed by atoms with Gasteiger partial charge in [-0.25, -0.2) is 0 Å². The molecule has 2 N–H and O–H groups in total. The number of para-hydroxylation sites is 1. The van der Waals surface area contributed by atoms with Crippen LogP contribution in [0.5, 0.6) is 5.75 Å². The number of nitrogens with zero attached hydrogens (tertiary/aromatic N) is 3.